The first-order chi connectivity index (χ1) is 18.2. The largest absolute Gasteiger partial charge is 0.522 e. The van der Waals surface area contributed by atoms with Gasteiger partial charge in [0, 0.05) is 18.7 Å². The highest BCUT2D eigenvalue weighted by Gasteiger charge is 2.39. The summed E-state index contributed by atoms with van der Waals surface area (Å²) in [6, 6.07) is 2.52. The first kappa shape index (κ1) is 30.2. The molecule has 2 heterocycles. The molecule has 2 atom stereocenters. The number of carbonyl (C=O) groups excluding carboxylic acids is 2. The van der Waals surface area contributed by atoms with Crippen molar-refractivity contribution in [2.45, 2.75) is 57.7 Å². The number of aromatic nitrogens is 2. The maximum absolute atomic E-state index is 13.6. The lowest BCUT2D eigenvalue weighted by Crippen LogP contribution is -2.52. The Morgan fingerprint density at radius 3 is 2.56 bits per heavy atom. The Morgan fingerprint density at radius 1 is 1.15 bits per heavy atom. The molecule has 0 saturated carbocycles. The lowest BCUT2D eigenvalue weighted by atomic mass is 9.98. The minimum absolute atomic E-state index is 0.0128. The van der Waals surface area contributed by atoms with Gasteiger partial charge < -0.3 is 23.9 Å². The van der Waals surface area contributed by atoms with Gasteiger partial charge in [0.25, 0.3) is 5.91 Å². The molecule has 0 spiro atoms. The van der Waals surface area contributed by atoms with Crippen LogP contribution < -0.4 is 14.8 Å². The third kappa shape index (κ3) is 9.73. The van der Waals surface area contributed by atoms with Crippen molar-refractivity contribution in [3.05, 3.63) is 34.9 Å². The Kier molecular flexibility index (Phi) is 9.83. The van der Waals surface area contributed by atoms with Crippen molar-refractivity contribution in [1.29, 1.82) is 0 Å². The number of hydrogen-bond acceptors (Lipinski definition) is 9. The molecule has 0 radical (unpaired) electrons. The quantitative estimate of drug-likeness (QED) is 0.338. The number of benzene rings is 1. The van der Waals surface area contributed by atoms with Gasteiger partial charge >= 0.3 is 18.5 Å². The average molecular weight is 583 g/mol. The maximum Gasteiger partial charge on any atom is 0.522 e. The molecule has 216 valence electrons. The van der Waals surface area contributed by atoms with Gasteiger partial charge in [0.15, 0.2) is 6.61 Å². The molecule has 1 N–H and O–H groups in total. The summed E-state index contributed by atoms with van der Waals surface area (Å²) in [6.07, 6.45) is -5.24. The SMILES string of the molecule is CC(C)(C)OC(=O)N1C[C@@H](NC(=O)COc2ccc(Cl)c(F)c2)CC[C@@H]1c1nnc(OCCOC(F)(F)F)o1. The molecule has 39 heavy (non-hydrogen) atoms. The van der Waals surface area contributed by atoms with Crippen LogP contribution in [-0.4, -0.2) is 71.5 Å². The summed E-state index contributed by atoms with van der Waals surface area (Å²) in [5.41, 5.74) is -0.832. The van der Waals surface area contributed by atoms with Crippen LogP contribution in [0.1, 0.15) is 45.5 Å². The summed E-state index contributed by atoms with van der Waals surface area (Å²) in [6.45, 7) is 3.37. The molecule has 1 aromatic carbocycles. The molecular weight excluding hydrogens is 556 g/mol. The summed E-state index contributed by atoms with van der Waals surface area (Å²) in [7, 11) is 0. The second-order valence-corrected chi connectivity index (χ2v) is 9.81. The number of piperidine rings is 1. The minimum atomic E-state index is -4.80. The van der Waals surface area contributed by atoms with Crippen molar-refractivity contribution in [2.75, 3.05) is 26.4 Å². The number of nitrogens with zero attached hydrogens (tertiary/aromatic N) is 3. The van der Waals surface area contributed by atoms with E-state index >= 15 is 0 Å². The van der Waals surface area contributed by atoms with Crippen molar-refractivity contribution in [3.8, 4) is 11.8 Å². The lowest BCUT2D eigenvalue weighted by Gasteiger charge is -2.38. The molecule has 1 saturated heterocycles. The normalized spacial score (nSPS) is 18.0. The zero-order valence-corrected chi connectivity index (χ0v) is 22.0. The van der Waals surface area contributed by atoms with Crippen molar-refractivity contribution in [1.82, 2.24) is 20.4 Å². The number of carbonyl (C=O) groups is 2. The van der Waals surface area contributed by atoms with Gasteiger partial charge in [0.1, 0.15) is 29.8 Å². The Bertz CT molecular complexity index is 1140. The number of rotatable bonds is 9. The smallest absolute Gasteiger partial charge is 0.484 e. The van der Waals surface area contributed by atoms with E-state index in [9.17, 15) is 27.2 Å². The van der Waals surface area contributed by atoms with Crippen LogP contribution in [-0.2, 0) is 14.3 Å². The van der Waals surface area contributed by atoms with E-state index in [0.29, 0.717) is 6.42 Å². The minimum Gasteiger partial charge on any atom is -0.484 e. The number of alkyl halides is 3. The molecule has 2 amide bonds. The average Bonchev–Trinajstić information content (AvgIpc) is 3.30. The van der Waals surface area contributed by atoms with Crippen molar-refractivity contribution >= 4 is 23.6 Å². The molecule has 0 aliphatic carbocycles. The van der Waals surface area contributed by atoms with Crippen LogP contribution in [0.4, 0.5) is 22.4 Å². The molecular formula is C23H27ClF4N4O7. The van der Waals surface area contributed by atoms with E-state index in [-0.39, 0.29) is 29.6 Å². The number of likely N-dealkylation sites (tertiary alicyclic amines) is 1. The van der Waals surface area contributed by atoms with Gasteiger partial charge in [-0.3, -0.25) is 14.4 Å². The number of halogens is 5. The standard InChI is InChI=1S/C23H27ClF4N4O7/c1-22(2,3)39-21(34)32-11-13(29-18(33)12-36-14-5-6-15(24)16(25)10-14)4-7-17(32)19-30-31-20(38-19)35-8-9-37-23(26,27)28/h5-6,10,13,17H,4,7-9,11-12H2,1-3H3,(H,29,33)/t13-,17+/m0/s1. The third-order valence-electron chi connectivity index (χ3n) is 5.12. The zero-order chi connectivity index (χ0) is 28.8. The predicted molar refractivity (Wildman–Crippen MR) is 126 cm³/mol. The van der Waals surface area contributed by atoms with Gasteiger partial charge in [-0.15, -0.1) is 18.3 Å². The molecule has 0 unspecified atom stereocenters. The fraction of sp³-hybridized carbons (Fsp3) is 0.565. The maximum atomic E-state index is 13.6. The Balaban J connectivity index is 1.61. The Morgan fingerprint density at radius 2 is 1.90 bits per heavy atom. The molecule has 1 aliphatic rings. The first-order valence-corrected chi connectivity index (χ1v) is 12.1. The lowest BCUT2D eigenvalue weighted by molar-refractivity contribution is -0.325. The van der Waals surface area contributed by atoms with Gasteiger partial charge in [0.2, 0.25) is 5.89 Å². The van der Waals surface area contributed by atoms with E-state index in [4.69, 9.17) is 30.2 Å². The molecule has 1 fully saturated rings. The summed E-state index contributed by atoms with van der Waals surface area (Å²) in [4.78, 5) is 26.7. The van der Waals surface area contributed by atoms with Crippen LogP contribution in [0.25, 0.3) is 0 Å². The highest BCUT2D eigenvalue weighted by atomic mass is 35.5. The van der Waals surface area contributed by atoms with Crippen molar-refractivity contribution in [2.24, 2.45) is 0 Å². The summed E-state index contributed by atoms with van der Waals surface area (Å²) >= 11 is 5.64. The first-order valence-electron chi connectivity index (χ1n) is 11.7. The van der Waals surface area contributed by atoms with Crippen LogP contribution in [0.15, 0.2) is 22.6 Å². The highest BCUT2D eigenvalue weighted by molar-refractivity contribution is 6.30. The van der Waals surface area contributed by atoms with E-state index in [1.807, 2.05) is 0 Å². The van der Waals surface area contributed by atoms with E-state index in [1.165, 1.54) is 17.0 Å². The van der Waals surface area contributed by atoms with Gasteiger partial charge in [-0.1, -0.05) is 16.7 Å². The van der Waals surface area contributed by atoms with E-state index in [2.05, 4.69) is 20.3 Å². The Hall–Kier alpha value is -3.33. The molecule has 16 heteroatoms. The number of nitrogens with one attached hydrogen (secondary N) is 1. The molecule has 11 nitrogen and oxygen atoms in total. The highest BCUT2D eigenvalue weighted by Crippen LogP contribution is 2.33. The summed E-state index contributed by atoms with van der Waals surface area (Å²) in [5, 5.41) is 10.2. The van der Waals surface area contributed by atoms with Gasteiger partial charge in [-0.25, -0.2) is 9.18 Å². The van der Waals surface area contributed by atoms with E-state index < -0.39 is 67.8 Å². The van der Waals surface area contributed by atoms with Crippen LogP contribution >= 0.6 is 11.6 Å². The topological polar surface area (TPSA) is 125 Å². The molecule has 0 bridgehead atoms. The second-order valence-electron chi connectivity index (χ2n) is 9.40. The summed E-state index contributed by atoms with van der Waals surface area (Å²) in [5.74, 6) is -1.10. The van der Waals surface area contributed by atoms with Crippen LogP contribution in [0, 0.1) is 5.82 Å². The molecule has 2 aromatic rings. The number of amides is 2. The summed E-state index contributed by atoms with van der Waals surface area (Å²) < 4.78 is 74.7. The van der Waals surface area contributed by atoms with Gasteiger partial charge in [-0.05, 0) is 45.7 Å². The van der Waals surface area contributed by atoms with Crippen LogP contribution in [0.2, 0.25) is 5.02 Å². The van der Waals surface area contributed by atoms with E-state index in [1.54, 1.807) is 20.8 Å². The van der Waals surface area contributed by atoms with Crippen molar-refractivity contribution < 1.29 is 50.5 Å². The monoisotopic (exact) mass is 582 g/mol. The molecule has 3 rings (SSSR count). The second kappa shape index (κ2) is 12.7. The number of ether oxygens (including phenoxy) is 4. The Labute approximate surface area is 225 Å². The molecule has 1 aromatic heterocycles. The molecule has 1 aliphatic heterocycles. The van der Waals surface area contributed by atoms with Gasteiger partial charge in [-0.2, -0.15) is 0 Å². The van der Waals surface area contributed by atoms with E-state index in [0.717, 1.165) is 6.07 Å². The number of hydrogen-bond donors (Lipinski definition) is 1. The third-order valence-corrected chi connectivity index (χ3v) is 5.42. The van der Waals surface area contributed by atoms with Gasteiger partial charge in [0.05, 0.1) is 11.6 Å². The van der Waals surface area contributed by atoms with Crippen molar-refractivity contribution in [3.63, 3.8) is 0 Å². The van der Waals surface area contributed by atoms with Crippen LogP contribution in [0.5, 0.6) is 11.8 Å². The van der Waals surface area contributed by atoms with Crippen LogP contribution in [0.3, 0.4) is 0 Å². The fourth-order valence-electron chi connectivity index (χ4n) is 3.55. The fourth-order valence-corrected chi connectivity index (χ4v) is 3.67. The zero-order valence-electron chi connectivity index (χ0n) is 21.2. The predicted octanol–water partition coefficient (Wildman–Crippen LogP) is 4.41.